The SMILES string of the molecule is COc1cc(-c2cn(C3CCC(=O)CC3)c3ncnc(N)c23)ccc1-c1ccccc1C(N)=O. The van der Waals surface area contributed by atoms with Gasteiger partial charge >= 0.3 is 0 Å². The van der Waals surface area contributed by atoms with Crippen molar-refractivity contribution in [3.05, 3.63) is 60.6 Å². The Kier molecular flexibility index (Phi) is 5.49. The van der Waals surface area contributed by atoms with Gasteiger partial charge in [-0.15, -0.1) is 0 Å². The zero-order chi connectivity index (χ0) is 23.8. The van der Waals surface area contributed by atoms with E-state index >= 15 is 0 Å². The molecule has 0 bridgehead atoms. The molecular weight excluding hydrogens is 430 g/mol. The monoisotopic (exact) mass is 455 g/mol. The maximum atomic E-state index is 12.0. The third-order valence-corrected chi connectivity index (χ3v) is 6.54. The first-order valence-corrected chi connectivity index (χ1v) is 11.2. The highest BCUT2D eigenvalue weighted by atomic mass is 16.5. The molecule has 2 heterocycles. The van der Waals surface area contributed by atoms with E-state index in [1.807, 2.05) is 36.5 Å². The van der Waals surface area contributed by atoms with Crippen LogP contribution in [0, 0.1) is 0 Å². The van der Waals surface area contributed by atoms with Gasteiger partial charge in [0, 0.05) is 41.8 Å². The topological polar surface area (TPSA) is 126 Å². The number of benzene rings is 2. The number of ether oxygens (including phenoxy) is 1. The maximum absolute atomic E-state index is 12.0. The fourth-order valence-electron chi connectivity index (χ4n) is 4.82. The van der Waals surface area contributed by atoms with E-state index in [0.717, 1.165) is 40.6 Å². The van der Waals surface area contributed by atoms with Crippen LogP contribution < -0.4 is 16.2 Å². The molecule has 4 N–H and O–H groups in total. The highest BCUT2D eigenvalue weighted by molar-refractivity contribution is 6.03. The molecule has 1 fully saturated rings. The first-order chi connectivity index (χ1) is 16.5. The van der Waals surface area contributed by atoms with Crippen molar-refractivity contribution in [1.82, 2.24) is 14.5 Å². The van der Waals surface area contributed by atoms with E-state index in [9.17, 15) is 9.59 Å². The van der Waals surface area contributed by atoms with Gasteiger partial charge in [-0.2, -0.15) is 0 Å². The zero-order valence-electron chi connectivity index (χ0n) is 18.8. The van der Waals surface area contributed by atoms with Crippen LogP contribution >= 0.6 is 0 Å². The summed E-state index contributed by atoms with van der Waals surface area (Å²) >= 11 is 0. The largest absolute Gasteiger partial charge is 0.496 e. The molecule has 0 unspecified atom stereocenters. The standard InChI is InChI=1S/C26H25N5O3/c1-34-22-12-15(6-11-19(22)18-4-2-3-5-20(18)25(28)33)21-13-31(16-7-9-17(32)10-8-16)26-23(21)24(27)29-14-30-26/h2-6,11-14,16H,7-10H2,1H3,(H2,28,33)(H2,27,29,30). The molecule has 4 aromatic rings. The molecule has 0 spiro atoms. The summed E-state index contributed by atoms with van der Waals surface area (Å²) in [6, 6.07) is 13.2. The van der Waals surface area contributed by atoms with Crippen LogP contribution in [-0.4, -0.2) is 33.3 Å². The van der Waals surface area contributed by atoms with Crippen molar-refractivity contribution in [3.8, 4) is 28.0 Å². The zero-order valence-corrected chi connectivity index (χ0v) is 18.8. The predicted molar refractivity (Wildman–Crippen MR) is 130 cm³/mol. The summed E-state index contributed by atoms with van der Waals surface area (Å²) in [4.78, 5) is 32.5. The summed E-state index contributed by atoms with van der Waals surface area (Å²) in [5.41, 5.74) is 16.3. The average Bonchev–Trinajstić information content (AvgIpc) is 3.25. The molecule has 2 aromatic carbocycles. The number of fused-ring (bicyclic) bond motifs is 1. The number of aromatic nitrogens is 3. The van der Waals surface area contributed by atoms with Gasteiger partial charge in [-0.1, -0.05) is 30.3 Å². The second-order valence-corrected chi connectivity index (χ2v) is 8.50. The van der Waals surface area contributed by atoms with E-state index in [1.54, 1.807) is 19.2 Å². The summed E-state index contributed by atoms with van der Waals surface area (Å²) in [6.45, 7) is 0. The molecule has 1 aliphatic carbocycles. The maximum Gasteiger partial charge on any atom is 0.249 e. The van der Waals surface area contributed by atoms with Crippen molar-refractivity contribution in [2.45, 2.75) is 31.7 Å². The van der Waals surface area contributed by atoms with E-state index in [0.29, 0.717) is 41.3 Å². The number of nitrogens with two attached hydrogens (primary N) is 2. The van der Waals surface area contributed by atoms with Gasteiger partial charge in [-0.3, -0.25) is 9.59 Å². The number of nitrogens with zero attached hydrogens (tertiary/aromatic N) is 3. The number of Topliss-reactive ketones (excluding diaryl/α,β-unsaturated/α-hetero) is 1. The number of anilines is 1. The molecule has 0 saturated heterocycles. The number of hydrogen-bond donors (Lipinski definition) is 2. The molecule has 34 heavy (non-hydrogen) atoms. The second kappa shape index (κ2) is 8.62. The lowest BCUT2D eigenvalue weighted by molar-refractivity contribution is -0.120. The van der Waals surface area contributed by atoms with Crippen LogP contribution in [0.2, 0.25) is 0 Å². The lowest BCUT2D eigenvalue weighted by Gasteiger charge is -2.23. The number of methoxy groups -OCH3 is 1. The minimum Gasteiger partial charge on any atom is -0.496 e. The van der Waals surface area contributed by atoms with Crippen molar-refractivity contribution >= 4 is 28.5 Å². The highest BCUT2D eigenvalue weighted by Gasteiger charge is 2.25. The molecule has 0 aliphatic heterocycles. The normalized spacial score (nSPS) is 14.4. The van der Waals surface area contributed by atoms with Crippen LogP contribution in [-0.2, 0) is 4.79 Å². The molecule has 1 amide bonds. The van der Waals surface area contributed by atoms with Gasteiger partial charge < -0.3 is 20.8 Å². The Hall–Kier alpha value is -4.20. The lowest BCUT2D eigenvalue weighted by Crippen LogP contribution is -2.17. The minimum atomic E-state index is -0.499. The van der Waals surface area contributed by atoms with Crippen LogP contribution in [0.5, 0.6) is 5.75 Å². The molecule has 2 aromatic heterocycles. The van der Waals surface area contributed by atoms with Crippen LogP contribution in [0.4, 0.5) is 5.82 Å². The third kappa shape index (κ3) is 3.67. The Balaban J connectivity index is 1.65. The summed E-state index contributed by atoms with van der Waals surface area (Å²) in [7, 11) is 1.59. The molecule has 172 valence electrons. The number of amides is 1. The summed E-state index contributed by atoms with van der Waals surface area (Å²) in [5, 5.41) is 0.770. The Morgan fingerprint density at radius 2 is 1.82 bits per heavy atom. The summed E-state index contributed by atoms with van der Waals surface area (Å²) < 4.78 is 7.84. The van der Waals surface area contributed by atoms with E-state index in [4.69, 9.17) is 16.2 Å². The van der Waals surface area contributed by atoms with Crippen molar-refractivity contribution < 1.29 is 14.3 Å². The highest BCUT2D eigenvalue weighted by Crippen LogP contribution is 2.41. The molecule has 8 heteroatoms. The molecule has 5 rings (SSSR count). The number of hydrogen-bond acceptors (Lipinski definition) is 6. The van der Waals surface area contributed by atoms with Gasteiger partial charge in [0.2, 0.25) is 5.91 Å². The number of nitrogen functional groups attached to an aromatic ring is 1. The fraction of sp³-hybridized carbons (Fsp3) is 0.231. The van der Waals surface area contributed by atoms with E-state index in [-0.39, 0.29) is 6.04 Å². The Labute approximate surface area is 196 Å². The number of carbonyl (C=O) groups excluding carboxylic acids is 2. The third-order valence-electron chi connectivity index (χ3n) is 6.54. The van der Waals surface area contributed by atoms with Crippen molar-refractivity contribution in [1.29, 1.82) is 0 Å². The molecule has 1 saturated carbocycles. The molecule has 0 atom stereocenters. The van der Waals surface area contributed by atoms with E-state index in [1.165, 1.54) is 6.33 Å². The van der Waals surface area contributed by atoms with Gasteiger partial charge in [-0.05, 0) is 36.1 Å². The quantitative estimate of drug-likeness (QED) is 0.466. The smallest absolute Gasteiger partial charge is 0.249 e. The van der Waals surface area contributed by atoms with E-state index < -0.39 is 5.91 Å². The number of primary amides is 1. The van der Waals surface area contributed by atoms with Gasteiger partial charge in [0.15, 0.2) is 0 Å². The van der Waals surface area contributed by atoms with Gasteiger partial charge in [-0.25, -0.2) is 9.97 Å². The summed E-state index contributed by atoms with van der Waals surface area (Å²) in [6.07, 6.45) is 6.21. The predicted octanol–water partition coefficient (Wildman–Crippen LogP) is 4.14. The Morgan fingerprint density at radius 1 is 1.06 bits per heavy atom. The van der Waals surface area contributed by atoms with Crippen molar-refractivity contribution in [3.63, 3.8) is 0 Å². The van der Waals surface area contributed by atoms with Crippen molar-refractivity contribution in [2.75, 3.05) is 12.8 Å². The number of ketones is 1. The first kappa shape index (κ1) is 21.6. The second-order valence-electron chi connectivity index (χ2n) is 8.50. The van der Waals surface area contributed by atoms with Crippen molar-refractivity contribution in [2.24, 2.45) is 5.73 Å². The Bertz CT molecular complexity index is 1420. The molecule has 1 aliphatic rings. The van der Waals surface area contributed by atoms with Crippen LogP contribution in [0.1, 0.15) is 42.1 Å². The average molecular weight is 456 g/mol. The van der Waals surface area contributed by atoms with E-state index in [2.05, 4.69) is 14.5 Å². The number of rotatable bonds is 5. The minimum absolute atomic E-state index is 0.173. The van der Waals surface area contributed by atoms with Crippen LogP contribution in [0.3, 0.4) is 0 Å². The number of carbonyl (C=O) groups is 2. The van der Waals surface area contributed by atoms with Gasteiger partial charge in [0.05, 0.1) is 12.5 Å². The Morgan fingerprint density at radius 3 is 2.56 bits per heavy atom. The first-order valence-electron chi connectivity index (χ1n) is 11.2. The lowest BCUT2D eigenvalue weighted by atomic mass is 9.94. The molecular formula is C26H25N5O3. The summed E-state index contributed by atoms with van der Waals surface area (Å²) in [5.74, 6) is 0.804. The van der Waals surface area contributed by atoms with Crippen LogP contribution in [0.15, 0.2) is 55.0 Å². The van der Waals surface area contributed by atoms with Gasteiger partial charge in [0.25, 0.3) is 0 Å². The molecule has 0 radical (unpaired) electrons. The fourth-order valence-corrected chi connectivity index (χ4v) is 4.82. The molecule has 8 nitrogen and oxygen atoms in total. The van der Waals surface area contributed by atoms with Crippen LogP contribution in [0.25, 0.3) is 33.3 Å². The van der Waals surface area contributed by atoms with Gasteiger partial charge in [0.1, 0.15) is 29.3 Å².